The van der Waals surface area contributed by atoms with Gasteiger partial charge in [-0.3, -0.25) is 0 Å². The van der Waals surface area contributed by atoms with Gasteiger partial charge in [0.15, 0.2) is 11.5 Å². The second-order valence-electron chi connectivity index (χ2n) is 3.27. The van der Waals surface area contributed by atoms with Crippen LogP contribution >= 0.6 is 0 Å². The Morgan fingerprint density at radius 3 is 2.63 bits per heavy atom. The van der Waals surface area contributed by atoms with E-state index in [9.17, 15) is 13.6 Å². The van der Waals surface area contributed by atoms with Crippen molar-refractivity contribution in [2.75, 3.05) is 13.7 Å². The van der Waals surface area contributed by atoms with Gasteiger partial charge in [-0.15, -0.1) is 0 Å². The van der Waals surface area contributed by atoms with Gasteiger partial charge in [0.2, 0.25) is 0 Å². The molecule has 0 saturated carbocycles. The Kier molecular flexibility index (Phi) is 5.06. The van der Waals surface area contributed by atoms with Crippen LogP contribution < -0.4 is 9.47 Å². The number of ether oxygens (including phenoxy) is 3. The van der Waals surface area contributed by atoms with Gasteiger partial charge >= 0.3 is 12.6 Å². The van der Waals surface area contributed by atoms with E-state index < -0.39 is 18.3 Å². The molecule has 0 fully saturated rings. The Hall–Kier alpha value is -2.36. The van der Waals surface area contributed by atoms with E-state index in [0.717, 1.165) is 6.07 Å². The van der Waals surface area contributed by atoms with E-state index in [1.54, 1.807) is 13.0 Å². The second-order valence-corrected chi connectivity index (χ2v) is 3.27. The number of methoxy groups -OCH3 is 1. The van der Waals surface area contributed by atoms with Crippen molar-refractivity contribution >= 4 is 5.97 Å². The molecule has 0 saturated heterocycles. The molecule has 5 nitrogen and oxygen atoms in total. The molecule has 0 spiro atoms. The maximum atomic E-state index is 12.4. The number of hydrogen-bond acceptors (Lipinski definition) is 5. The lowest BCUT2D eigenvalue weighted by molar-refractivity contribution is -0.0518. The zero-order valence-corrected chi connectivity index (χ0v) is 10.3. The van der Waals surface area contributed by atoms with Gasteiger partial charge in [0.25, 0.3) is 0 Å². The van der Waals surface area contributed by atoms with E-state index in [1.807, 2.05) is 0 Å². The average molecular weight is 271 g/mol. The highest BCUT2D eigenvalue weighted by Crippen LogP contribution is 2.34. The summed E-state index contributed by atoms with van der Waals surface area (Å²) in [4.78, 5) is 11.7. The maximum Gasteiger partial charge on any atom is 0.387 e. The summed E-state index contributed by atoms with van der Waals surface area (Å²) in [6.45, 7) is -1.50. The molecule has 0 amide bonds. The van der Waals surface area contributed by atoms with Crippen LogP contribution in [0.4, 0.5) is 8.78 Å². The molecule has 0 radical (unpaired) electrons. The number of rotatable bonds is 5. The van der Waals surface area contributed by atoms with E-state index in [1.165, 1.54) is 13.2 Å². The summed E-state index contributed by atoms with van der Waals surface area (Å²) in [5.41, 5.74) is -0.209. The van der Waals surface area contributed by atoms with Gasteiger partial charge in [-0.05, 0) is 13.0 Å². The third kappa shape index (κ3) is 3.55. The van der Waals surface area contributed by atoms with Crippen molar-refractivity contribution in [2.45, 2.75) is 13.5 Å². The lowest BCUT2D eigenvalue weighted by Gasteiger charge is -2.14. The van der Waals surface area contributed by atoms with Crippen LogP contribution in [0.5, 0.6) is 11.5 Å². The van der Waals surface area contributed by atoms with Crippen molar-refractivity contribution in [1.29, 1.82) is 5.26 Å². The summed E-state index contributed by atoms with van der Waals surface area (Å²) in [5, 5.41) is 8.82. The van der Waals surface area contributed by atoms with Crippen LogP contribution in [-0.4, -0.2) is 26.3 Å². The number of hydrogen-bond donors (Lipinski definition) is 0. The molecule has 0 aliphatic heterocycles. The number of nitrogens with zero attached hydrogens (tertiary/aromatic N) is 1. The van der Waals surface area contributed by atoms with Gasteiger partial charge in [0.1, 0.15) is 5.56 Å². The second kappa shape index (κ2) is 6.54. The fourth-order valence-electron chi connectivity index (χ4n) is 1.39. The van der Waals surface area contributed by atoms with Crippen LogP contribution in [0.2, 0.25) is 0 Å². The first kappa shape index (κ1) is 14.7. The molecule has 1 rings (SSSR count). The third-order valence-electron chi connectivity index (χ3n) is 2.11. The van der Waals surface area contributed by atoms with Crippen LogP contribution in [0.15, 0.2) is 12.1 Å². The highest BCUT2D eigenvalue weighted by molar-refractivity contribution is 5.94. The van der Waals surface area contributed by atoms with Gasteiger partial charge in [-0.25, -0.2) is 4.79 Å². The summed E-state index contributed by atoms with van der Waals surface area (Å²) in [5.74, 6) is -1.45. The number of alkyl halides is 2. The van der Waals surface area contributed by atoms with Gasteiger partial charge in [0, 0.05) is 6.07 Å². The van der Waals surface area contributed by atoms with Crippen molar-refractivity contribution in [3.63, 3.8) is 0 Å². The van der Waals surface area contributed by atoms with Crippen molar-refractivity contribution < 1.29 is 27.8 Å². The molecule has 0 unspecified atom stereocenters. The number of carbonyl (C=O) groups is 1. The van der Waals surface area contributed by atoms with Crippen molar-refractivity contribution in [2.24, 2.45) is 0 Å². The highest BCUT2D eigenvalue weighted by Gasteiger charge is 2.22. The first-order valence-electron chi connectivity index (χ1n) is 5.27. The molecule has 0 aromatic heterocycles. The number of benzene rings is 1. The topological polar surface area (TPSA) is 68.6 Å². The number of halogens is 2. The minimum atomic E-state index is -3.13. The average Bonchev–Trinajstić information content (AvgIpc) is 2.38. The van der Waals surface area contributed by atoms with E-state index in [4.69, 9.17) is 14.7 Å². The van der Waals surface area contributed by atoms with Gasteiger partial charge in [-0.1, -0.05) is 0 Å². The van der Waals surface area contributed by atoms with Crippen LogP contribution in [0.1, 0.15) is 22.8 Å². The summed E-state index contributed by atoms with van der Waals surface area (Å²) < 4.78 is 38.5. The Morgan fingerprint density at radius 2 is 2.16 bits per heavy atom. The van der Waals surface area contributed by atoms with Crippen LogP contribution in [-0.2, 0) is 4.74 Å². The molecule has 19 heavy (non-hydrogen) atoms. The van der Waals surface area contributed by atoms with Crippen LogP contribution in [0.3, 0.4) is 0 Å². The predicted molar refractivity (Wildman–Crippen MR) is 60.3 cm³/mol. The molecule has 0 atom stereocenters. The molecule has 0 bridgehead atoms. The number of nitriles is 1. The Bertz CT molecular complexity index is 511. The molecular formula is C12H11F2NO4. The number of carbonyl (C=O) groups excluding carboxylic acids is 1. The fraction of sp³-hybridized carbons (Fsp3) is 0.333. The normalized spacial score (nSPS) is 9.89. The molecule has 0 heterocycles. The molecule has 7 heteroatoms. The van der Waals surface area contributed by atoms with E-state index in [0.29, 0.717) is 0 Å². The summed E-state index contributed by atoms with van der Waals surface area (Å²) in [6, 6.07) is 4.09. The standard InChI is InChI=1S/C12H11F2NO4/c1-3-18-11(16)8-4-7(6-15)5-9(17-2)10(8)19-12(13)14/h4-5,12H,3H2,1-2H3. The van der Waals surface area contributed by atoms with E-state index in [-0.39, 0.29) is 23.5 Å². The summed E-state index contributed by atoms with van der Waals surface area (Å²) in [7, 11) is 1.21. The molecule has 0 aliphatic carbocycles. The molecular weight excluding hydrogens is 260 g/mol. The third-order valence-corrected chi connectivity index (χ3v) is 2.11. The summed E-state index contributed by atoms with van der Waals surface area (Å²) in [6.07, 6.45) is 0. The van der Waals surface area contributed by atoms with Crippen molar-refractivity contribution in [1.82, 2.24) is 0 Å². The van der Waals surface area contributed by atoms with E-state index in [2.05, 4.69) is 4.74 Å². The Labute approximate surface area is 108 Å². The zero-order chi connectivity index (χ0) is 14.4. The molecule has 0 N–H and O–H groups in total. The predicted octanol–water partition coefficient (Wildman–Crippen LogP) is 2.34. The highest BCUT2D eigenvalue weighted by atomic mass is 19.3. The largest absolute Gasteiger partial charge is 0.493 e. The lowest BCUT2D eigenvalue weighted by Crippen LogP contribution is -2.12. The molecule has 1 aromatic rings. The van der Waals surface area contributed by atoms with E-state index >= 15 is 0 Å². The van der Waals surface area contributed by atoms with Gasteiger partial charge in [-0.2, -0.15) is 14.0 Å². The lowest BCUT2D eigenvalue weighted by atomic mass is 10.1. The first-order valence-corrected chi connectivity index (χ1v) is 5.27. The quantitative estimate of drug-likeness (QED) is 0.769. The first-order chi connectivity index (χ1) is 9.03. The Morgan fingerprint density at radius 1 is 1.47 bits per heavy atom. The van der Waals surface area contributed by atoms with Crippen LogP contribution in [0, 0.1) is 11.3 Å². The minimum Gasteiger partial charge on any atom is -0.493 e. The molecule has 1 aromatic carbocycles. The summed E-state index contributed by atoms with van der Waals surface area (Å²) >= 11 is 0. The smallest absolute Gasteiger partial charge is 0.387 e. The Balaban J connectivity index is 3.37. The number of esters is 1. The fourth-order valence-corrected chi connectivity index (χ4v) is 1.39. The van der Waals surface area contributed by atoms with Crippen molar-refractivity contribution in [3.8, 4) is 17.6 Å². The monoisotopic (exact) mass is 271 g/mol. The zero-order valence-electron chi connectivity index (χ0n) is 10.3. The SMILES string of the molecule is CCOC(=O)c1cc(C#N)cc(OC)c1OC(F)F. The molecule has 0 aliphatic rings. The van der Waals surface area contributed by atoms with Crippen LogP contribution in [0.25, 0.3) is 0 Å². The van der Waals surface area contributed by atoms with Gasteiger partial charge < -0.3 is 14.2 Å². The van der Waals surface area contributed by atoms with Crippen molar-refractivity contribution in [3.05, 3.63) is 23.3 Å². The maximum absolute atomic E-state index is 12.4. The molecule has 102 valence electrons. The minimum absolute atomic E-state index is 0.0616. The van der Waals surface area contributed by atoms with Gasteiger partial charge in [0.05, 0.1) is 25.3 Å².